The van der Waals surface area contributed by atoms with E-state index in [1.165, 1.54) is 9.47 Å². The summed E-state index contributed by atoms with van der Waals surface area (Å²) in [5.41, 5.74) is 0.745. The minimum atomic E-state index is -2.93. The fourth-order valence-corrected chi connectivity index (χ4v) is 5.91. The number of alkyl halides is 3. The maximum absolute atomic E-state index is 15.0. The first-order valence-corrected chi connectivity index (χ1v) is 15.2. The maximum Gasteiger partial charge on any atom is 0.295 e. The second-order valence-electron chi connectivity index (χ2n) is 11.0. The number of nitrogens with zero attached hydrogens (tertiary/aromatic N) is 8. The van der Waals surface area contributed by atoms with Crippen molar-refractivity contribution in [1.82, 2.24) is 34.5 Å². The summed E-state index contributed by atoms with van der Waals surface area (Å²) in [7, 11) is 5.51. The Bertz CT molecular complexity index is 1340. The number of hydrogen-bond donors (Lipinski definition) is 1. The van der Waals surface area contributed by atoms with Gasteiger partial charge < -0.3 is 24.6 Å². The number of para-hydroxylation sites is 1. The summed E-state index contributed by atoms with van der Waals surface area (Å²) in [6, 6.07) is 5.26. The number of imidazole rings is 1. The Morgan fingerprint density at radius 1 is 1.21 bits per heavy atom. The average Bonchev–Trinajstić information content (AvgIpc) is 3.44. The molecule has 0 bridgehead atoms. The predicted molar refractivity (Wildman–Crippen MR) is 161 cm³/mol. The molecule has 1 unspecified atom stereocenters. The van der Waals surface area contributed by atoms with E-state index in [1.54, 1.807) is 25.2 Å². The molecule has 5 rings (SSSR count). The Morgan fingerprint density at radius 3 is 2.60 bits per heavy atom. The van der Waals surface area contributed by atoms with Gasteiger partial charge in [0.05, 0.1) is 25.3 Å². The van der Waals surface area contributed by atoms with E-state index in [2.05, 4.69) is 20.2 Å². The average molecular weight is 624 g/mol. The van der Waals surface area contributed by atoms with Gasteiger partial charge in [0.1, 0.15) is 17.1 Å². The van der Waals surface area contributed by atoms with E-state index in [0.717, 1.165) is 32.2 Å². The van der Waals surface area contributed by atoms with E-state index in [1.807, 2.05) is 23.9 Å². The molecule has 0 spiro atoms. The van der Waals surface area contributed by atoms with Crippen LogP contribution in [0.3, 0.4) is 0 Å². The number of hydrogen-bond acceptors (Lipinski definition) is 9. The number of piperidine rings is 1. The largest absolute Gasteiger partial charge is 0.491 e. The van der Waals surface area contributed by atoms with Gasteiger partial charge in [0.25, 0.3) is 18.2 Å². The number of fused-ring (bicyclic) bond motifs is 1. The van der Waals surface area contributed by atoms with Crippen LogP contribution < -0.4 is 10.1 Å². The third-order valence-electron chi connectivity index (χ3n) is 7.80. The van der Waals surface area contributed by atoms with Crippen molar-refractivity contribution in [2.45, 2.75) is 38.0 Å². The molecule has 1 N–H and O–H groups in total. The van der Waals surface area contributed by atoms with Crippen LogP contribution in [0.2, 0.25) is 0 Å². The number of aromatic nitrogens is 2. The molecule has 2 aromatic rings. The van der Waals surface area contributed by atoms with Crippen LogP contribution in [-0.2, 0) is 15.4 Å². The number of amides is 1. The van der Waals surface area contributed by atoms with E-state index in [9.17, 15) is 4.79 Å². The Labute approximate surface area is 255 Å². The van der Waals surface area contributed by atoms with Crippen molar-refractivity contribution in [3.05, 3.63) is 24.0 Å². The van der Waals surface area contributed by atoms with Gasteiger partial charge in [-0.1, -0.05) is 12.5 Å². The maximum atomic E-state index is 15.0. The summed E-state index contributed by atoms with van der Waals surface area (Å²) in [4.78, 5) is 34.6. The van der Waals surface area contributed by atoms with Gasteiger partial charge in [-0.25, -0.2) is 23.6 Å². The van der Waals surface area contributed by atoms with Crippen LogP contribution in [0, 0.1) is 0 Å². The highest BCUT2D eigenvalue weighted by Crippen LogP contribution is 2.39. The van der Waals surface area contributed by atoms with Gasteiger partial charge in [-0.15, -0.1) is 11.6 Å². The molecule has 0 saturated carbocycles. The number of likely N-dealkylation sites (tertiary alicyclic amines) is 1. The first-order chi connectivity index (χ1) is 20.8. The zero-order valence-electron chi connectivity index (χ0n) is 24.9. The first-order valence-electron chi connectivity index (χ1n) is 14.7. The van der Waals surface area contributed by atoms with E-state index >= 15 is 8.78 Å². The number of guanidine groups is 2. The smallest absolute Gasteiger partial charge is 0.295 e. The van der Waals surface area contributed by atoms with E-state index in [-0.39, 0.29) is 17.8 Å². The minimum absolute atomic E-state index is 0.158. The van der Waals surface area contributed by atoms with Gasteiger partial charge in [0, 0.05) is 39.8 Å². The zero-order valence-corrected chi connectivity index (χ0v) is 25.7. The zero-order chi connectivity index (χ0) is 30.6. The molecule has 2 saturated heterocycles. The normalized spacial score (nSPS) is 22.9. The van der Waals surface area contributed by atoms with Gasteiger partial charge in [-0.05, 0) is 45.5 Å². The summed E-state index contributed by atoms with van der Waals surface area (Å²) >= 11 is 6.05. The Hall–Kier alpha value is -3.07. The van der Waals surface area contributed by atoms with Crippen molar-refractivity contribution in [2.75, 3.05) is 79.6 Å². The molecule has 1 aromatic heterocycles. The summed E-state index contributed by atoms with van der Waals surface area (Å²) in [5, 5.41) is 3.32. The molecule has 0 aliphatic carbocycles. The van der Waals surface area contributed by atoms with Crippen LogP contribution >= 0.6 is 11.6 Å². The van der Waals surface area contributed by atoms with E-state index in [4.69, 9.17) is 26.1 Å². The lowest BCUT2D eigenvalue weighted by Gasteiger charge is -2.50. The second-order valence-corrected chi connectivity index (χ2v) is 11.2. The van der Waals surface area contributed by atoms with Crippen molar-refractivity contribution in [3.63, 3.8) is 0 Å². The number of rotatable bonds is 9. The number of nitrogens with one attached hydrogen (secondary N) is 1. The third kappa shape index (κ3) is 6.28. The lowest BCUT2D eigenvalue weighted by Crippen LogP contribution is -2.71. The molecule has 2 fully saturated rings. The number of morpholine rings is 1. The molecule has 12 nitrogen and oxygen atoms in total. The summed E-state index contributed by atoms with van der Waals surface area (Å²) in [6.07, 6.45) is 0.551. The lowest BCUT2D eigenvalue weighted by atomic mass is 10.1. The van der Waals surface area contributed by atoms with E-state index < -0.39 is 24.1 Å². The highest BCUT2D eigenvalue weighted by atomic mass is 35.5. The van der Waals surface area contributed by atoms with Crippen LogP contribution in [0.15, 0.2) is 28.2 Å². The minimum Gasteiger partial charge on any atom is -0.491 e. The molecule has 1 amide bonds. The number of ether oxygens (including phenoxy) is 2. The molecule has 236 valence electrons. The highest BCUT2D eigenvalue weighted by Gasteiger charge is 2.50. The molecule has 0 radical (unpaired) electrons. The van der Waals surface area contributed by atoms with Crippen molar-refractivity contribution >= 4 is 40.5 Å². The van der Waals surface area contributed by atoms with Crippen LogP contribution in [-0.4, -0.2) is 127 Å². The Kier molecular flexibility index (Phi) is 9.99. The fourth-order valence-electron chi connectivity index (χ4n) is 5.79. The standard InChI is InChI=1S/C28H40ClF2N9O3/c1-32-26-34-28(38-12-5-4-6-13-38,35-27(39(26)22(41)19-29)37-14-17-42-18-15-37)40-20-9-7-10-21(43-16-8-11-36(2)3)23(20)33-25(40)24(30)31/h7,9-10,24H,4-6,8,11-19H2,1-3H3,(H,32,34). The van der Waals surface area contributed by atoms with Crippen molar-refractivity contribution in [2.24, 2.45) is 9.98 Å². The quantitative estimate of drug-likeness (QED) is 0.336. The number of carbonyl (C=O) groups is 1. The molecule has 4 heterocycles. The van der Waals surface area contributed by atoms with Crippen molar-refractivity contribution in [1.29, 1.82) is 0 Å². The molecule has 3 aliphatic rings. The monoisotopic (exact) mass is 623 g/mol. The summed E-state index contributed by atoms with van der Waals surface area (Å²) in [5.74, 6) is -1.97. The predicted octanol–water partition coefficient (Wildman–Crippen LogP) is 2.70. The highest BCUT2D eigenvalue weighted by molar-refractivity contribution is 6.31. The summed E-state index contributed by atoms with van der Waals surface area (Å²) in [6.45, 7) is 4.15. The summed E-state index contributed by atoms with van der Waals surface area (Å²) < 4.78 is 43.1. The number of benzene rings is 1. The molecule has 1 atom stereocenters. The van der Waals surface area contributed by atoms with Crippen LogP contribution in [0.25, 0.3) is 11.0 Å². The van der Waals surface area contributed by atoms with Gasteiger partial charge in [-0.3, -0.25) is 14.4 Å². The molecule has 15 heteroatoms. The van der Waals surface area contributed by atoms with Gasteiger partial charge in [0.2, 0.25) is 11.9 Å². The molecular formula is C28H40ClF2N9O3. The van der Waals surface area contributed by atoms with Crippen LogP contribution in [0.1, 0.15) is 37.9 Å². The molecule has 1 aromatic carbocycles. The first kappa shape index (κ1) is 31.4. The van der Waals surface area contributed by atoms with Gasteiger partial charge in [-0.2, -0.15) is 4.99 Å². The fraction of sp³-hybridized carbons (Fsp3) is 0.643. The topological polar surface area (TPSA) is 103 Å². The van der Waals surface area contributed by atoms with Crippen LogP contribution in [0.5, 0.6) is 5.75 Å². The van der Waals surface area contributed by atoms with Gasteiger partial charge >= 0.3 is 0 Å². The number of carbonyl (C=O) groups excluding carboxylic acids is 1. The molecular weight excluding hydrogens is 584 g/mol. The SMILES string of the molecule is CN=C1NC(N2CCCCC2)(n2c(C(F)F)nc3c(OCCCN(C)C)cccc32)N=C(N2CCOCC2)N1C(=O)CCl. The lowest BCUT2D eigenvalue weighted by molar-refractivity contribution is -0.123. The number of halogens is 3. The Morgan fingerprint density at radius 2 is 1.95 bits per heavy atom. The number of aliphatic imine (C=N–C) groups is 2. The van der Waals surface area contributed by atoms with E-state index in [0.29, 0.717) is 62.8 Å². The molecule has 43 heavy (non-hydrogen) atoms. The van der Waals surface area contributed by atoms with Crippen molar-refractivity contribution < 1.29 is 23.0 Å². The molecule has 3 aliphatic heterocycles. The van der Waals surface area contributed by atoms with Crippen LogP contribution in [0.4, 0.5) is 8.78 Å². The van der Waals surface area contributed by atoms with Crippen molar-refractivity contribution in [3.8, 4) is 5.75 Å². The third-order valence-corrected chi connectivity index (χ3v) is 8.03. The van der Waals surface area contributed by atoms with Gasteiger partial charge in [0.15, 0.2) is 5.82 Å². The second kappa shape index (κ2) is 13.7. The Balaban J connectivity index is 1.73.